The molecule has 0 saturated heterocycles. The van der Waals surface area contributed by atoms with Crippen molar-refractivity contribution in [1.29, 1.82) is 0 Å². The van der Waals surface area contributed by atoms with Crippen LogP contribution in [0.4, 0.5) is 17.1 Å². The second-order valence-electron chi connectivity index (χ2n) is 32.0. The molecule has 2 unspecified atom stereocenters. The van der Waals surface area contributed by atoms with Gasteiger partial charge in [-0.1, -0.05) is 177 Å². The maximum Gasteiger partial charge on any atom is 0.272 e. The number of thiocarbonyl (C=S) groups is 2. The van der Waals surface area contributed by atoms with E-state index in [1.54, 1.807) is 119 Å². The lowest BCUT2D eigenvalue weighted by Gasteiger charge is -2.29. The fourth-order valence-electron chi connectivity index (χ4n) is 14.9. The number of aliphatic imine (C=N–C) groups is 3. The van der Waals surface area contributed by atoms with Gasteiger partial charge in [0.15, 0.2) is 5.11 Å². The largest absolute Gasteiger partial charge is 0.466 e. The Hall–Kier alpha value is -11.5. The Kier molecular flexibility index (Phi) is 30.7. The molecule has 6 aliphatic rings. The number of benzene rings is 3. The summed E-state index contributed by atoms with van der Waals surface area (Å²) in [4.78, 5) is 126. The lowest BCUT2D eigenvalue weighted by molar-refractivity contribution is -0.133. The third kappa shape index (κ3) is 23.1. The summed E-state index contributed by atoms with van der Waals surface area (Å²) in [5.74, 6) is -1.04. The molecule has 120 heavy (non-hydrogen) atoms. The summed E-state index contributed by atoms with van der Waals surface area (Å²) < 4.78 is 11.4. The molecule has 26 nitrogen and oxygen atoms in total. The van der Waals surface area contributed by atoms with E-state index in [-0.39, 0.29) is 46.5 Å². The summed E-state index contributed by atoms with van der Waals surface area (Å²) in [6, 6.07) is 34.4. The van der Waals surface area contributed by atoms with Crippen LogP contribution in [0.3, 0.4) is 0 Å². The monoisotopic (exact) mass is 1660 g/mol. The minimum atomic E-state index is -1.12. The molecule has 9 heterocycles. The highest BCUT2D eigenvalue weighted by atomic mass is 32.1. The van der Waals surface area contributed by atoms with Gasteiger partial charge in [-0.2, -0.15) is 0 Å². The quantitative estimate of drug-likeness (QED) is 0.0262. The van der Waals surface area contributed by atoms with Crippen LogP contribution in [-0.4, -0.2) is 163 Å². The molecule has 0 spiro atoms. The van der Waals surface area contributed by atoms with Gasteiger partial charge < -0.3 is 40.5 Å². The zero-order chi connectivity index (χ0) is 84.9. The van der Waals surface area contributed by atoms with E-state index in [0.717, 1.165) is 123 Å². The summed E-state index contributed by atoms with van der Waals surface area (Å²) >= 11 is 10.7. The number of nitrogens with zero attached hydrogens (tertiary/aromatic N) is 15. The standard InChI is InChI=1S/C31H36N6O3S.C27H34N4O3.C27H34N4O2.C7H6N4S/c1-4-5-10-26(40-31(41)37-16-15-32-19-37)23(17-21-12-13-21)29(38)35-28-30(39)36(3)25-9-7-6-8-22(25)27(34-28)24-14-11-20(2)18-33-24;1-4-5-10-23(32)20(15-18-12-13-18)26(33)30-25-27(34)31(3)22-9-7-6-8-19(22)24(29-25)21-14-11-17(2)16-28-21;1-4-5-6-9-20(16-19-13-14-19)26(32)30-25-27(33)31(3)23-11-8-7-10-21(23)24(29-25)22-15-12-18(2)17-28-22;12-7(10-3-1-8-5-10)11-4-2-9-6-11/h6-9,11,14-16,18-19,21,23,26,28H,4-5,10,12-13,17H2,1-3H3,(H,35,38);6-9,11,14,16,18,20,23,25,32H,4-5,10,12-13,15H2,1-3H3,(H,30,33);7-8,10-12,15,17,19-20,25H,4-6,9,13-14,16H2,1-3H3,(H,30,32);1-6H/t23-,26+,28?;20-,23+,25?;20-,25+;/m110./s1. The van der Waals surface area contributed by atoms with Crippen molar-refractivity contribution in [2.45, 2.75) is 194 Å². The molecule has 6 amide bonds. The molecule has 28 heteroatoms. The topological polar surface area (TPSA) is 307 Å². The third-order valence-corrected chi connectivity index (χ3v) is 23.2. The third-order valence-electron chi connectivity index (χ3n) is 22.4. The van der Waals surface area contributed by atoms with Gasteiger partial charge in [-0.25, -0.2) is 29.9 Å². The Balaban J connectivity index is 0.000000155. The van der Waals surface area contributed by atoms with Crippen LogP contribution in [0.5, 0.6) is 0 Å². The highest BCUT2D eigenvalue weighted by molar-refractivity contribution is 7.80. The van der Waals surface area contributed by atoms with Crippen LogP contribution in [-0.2, 0) is 33.5 Å². The number of pyridine rings is 3. The summed E-state index contributed by atoms with van der Waals surface area (Å²) in [6.07, 6.45) is 34.2. The first-order valence-corrected chi connectivity index (χ1v) is 42.8. The Labute approximate surface area is 713 Å². The number of fused-ring (bicyclic) bond motifs is 3. The minimum Gasteiger partial charge on any atom is -0.466 e. The van der Waals surface area contributed by atoms with Gasteiger partial charge >= 0.3 is 0 Å². The van der Waals surface area contributed by atoms with Crippen LogP contribution in [0.1, 0.15) is 193 Å². The summed E-state index contributed by atoms with van der Waals surface area (Å²) in [6.45, 7) is 12.3. The Morgan fingerprint density at radius 2 is 0.825 bits per heavy atom. The average molecular weight is 1660 g/mol. The minimum absolute atomic E-state index is 0.0596. The number of ether oxygens (including phenoxy) is 1. The molecule has 628 valence electrons. The van der Waals surface area contributed by atoms with Gasteiger partial charge in [-0.3, -0.25) is 57.4 Å². The van der Waals surface area contributed by atoms with Gasteiger partial charge in [0.05, 0.1) is 69.2 Å². The zero-order valence-electron chi connectivity index (χ0n) is 69.9. The number of carbonyl (C=O) groups is 6. The number of hydrogen-bond donors (Lipinski definition) is 4. The number of anilines is 3. The number of hydrogen-bond acceptors (Lipinski definition) is 19. The SMILES string of the molecule is CCCCC[C@@H](CC1CC1)C(=O)N[C@H]1N=C(c2ccc(C)cn2)c2ccccc2N(C)C1=O.CCCC[C@H](O)[C@@H](CC1CC1)C(=O)NC1N=C(c2ccc(C)cn2)c2ccccc2N(C)C1=O.CCCC[C@H](OC(=S)n1ccnc1)[C@@H](CC1CC1)C(=O)NC1N=C(c2ccc(C)cn2)c2ccccc2N(C)C1=O.S=C(n1ccnc1)n1ccnc1. The van der Waals surface area contributed by atoms with Crippen molar-refractivity contribution in [3.8, 4) is 0 Å². The molecule has 0 radical (unpaired) electrons. The predicted molar refractivity (Wildman–Crippen MR) is 474 cm³/mol. The molecule has 8 atom stereocenters. The van der Waals surface area contributed by atoms with Crippen molar-refractivity contribution in [3.05, 3.63) is 234 Å². The highest BCUT2D eigenvalue weighted by Gasteiger charge is 2.42. The van der Waals surface area contributed by atoms with E-state index in [1.165, 1.54) is 17.7 Å². The first kappa shape index (κ1) is 87.8. The molecule has 3 aromatic carbocycles. The lowest BCUT2D eigenvalue weighted by atomic mass is 9.91. The van der Waals surface area contributed by atoms with Crippen LogP contribution in [0.15, 0.2) is 199 Å². The van der Waals surface area contributed by atoms with Gasteiger partial charge in [0.25, 0.3) is 22.9 Å². The number of amides is 6. The zero-order valence-corrected chi connectivity index (χ0v) is 71.6. The van der Waals surface area contributed by atoms with E-state index in [0.29, 0.717) is 94.1 Å². The number of imidazole rings is 3. The fraction of sp³-hybridized carbons (Fsp3) is 0.424. The molecule has 3 aliphatic heterocycles. The van der Waals surface area contributed by atoms with Gasteiger partial charge in [0.2, 0.25) is 36.2 Å². The van der Waals surface area contributed by atoms with Crippen molar-refractivity contribution in [2.24, 2.45) is 50.5 Å². The number of aromatic nitrogens is 9. The molecule has 0 bridgehead atoms. The molecule has 3 fully saturated rings. The number of unbranched alkanes of at least 4 members (excludes halogenated alkanes) is 4. The van der Waals surface area contributed by atoms with Gasteiger partial charge in [0, 0.05) is 99.5 Å². The molecule has 3 aliphatic carbocycles. The van der Waals surface area contributed by atoms with Crippen molar-refractivity contribution in [3.63, 3.8) is 0 Å². The normalized spacial score (nSPS) is 17.9. The van der Waals surface area contributed by atoms with Crippen molar-refractivity contribution >= 4 is 104 Å². The van der Waals surface area contributed by atoms with Gasteiger partial charge in [0.1, 0.15) is 25.1 Å². The van der Waals surface area contributed by atoms with Gasteiger partial charge in [-0.15, -0.1) is 0 Å². The number of aliphatic hydroxyl groups is 1. The van der Waals surface area contributed by atoms with Gasteiger partial charge in [-0.05, 0) is 155 Å². The maximum absolute atomic E-state index is 14.1. The van der Waals surface area contributed by atoms with E-state index in [9.17, 15) is 33.9 Å². The van der Waals surface area contributed by atoms with Crippen LogP contribution < -0.4 is 30.7 Å². The molecular formula is C92H110N18O8S2. The Morgan fingerprint density at radius 1 is 0.458 bits per heavy atom. The predicted octanol–water partition coefficient (Wildman–Crippen LogP) is 13.7. The van der Waals surface area contributed by atoms with Crippen molar-refractivity contribution in [1.82, 2.24) is 59.6 Å². The summed E-state index contributed by atoms with van der Waals surface area (Å²) in [5, 5.41) is 20.5. The number of rotatable bonds is 28. The van der Waals surface area contributed by atoms with E-state index in [2.05, 4.69) is 66.6 Å². The van der Waals surface area contributed by atoms with Crippen molar-refractivity contribution < 1.29 is 38.6 Å². The number of para-hydroxylation sites is 3. The van der Waals surface area contributed by atoms with Crippen molar-refractivity contribution in [2.75, 3.05) is 35.8 Å². The molecule has 15 rings (SSSR count). The van der Waals surface area contributed by atoms with E-state index in [1.807, 2.05) is 130 Å². The summed E-state index contributed by atoms with van der Waals surface area (Å²) in [5.41, 5.74) is 11.4. The van der Waals surface area contributed by atoms with E-state index < -0.39 is 42.5 Å². The molecule has 3 saturated carbocycles. The second kappa shape index (κ2) is 41.9. The molecular weight excluding hydrogens is 1550 g/mol. The second-order valence-corrected chi connectivity index (χ2v) is 32.7. The number of likely N-dealkylation sites (N-methyl/N-ethyl adjacent to an activating group) is 3. The average Bonchev–Trinajstić information content (AvgIpc) is 1.60. The molecule has 9 aromatic rings. The Bertz CT molecular complexity index is 5050. The van der Waals surface area contributed by atoms with Crippen LogP contribution >= 0.6 is 24.4 Å². The molecule has 4 N–H and O–H groups in total. The first-order valence-electron chi connectivity index (χ1n) is 42.0. The first-order chi connectivity index (χ1) is 58.1. The van der Waals surface area contributed by atoms with Crippen LogP contribution in [0.25, 0.3) is 0 Å². The fourth-order valence-corrected chi connectivity index (χ4v) is 15.3. The summed E-state index contributed by atoms with van der Waals surface area (Å²) in [7, 11) is 5.14. The number of nitrogens with one attached hydrogen (secondary N) is 3. The molecule has 6 aromatic heterocycles. The van der Waals surface area contributed by atoms with E-state index >= 15 is 0 Å². The smallest absolute Gasteiger partial charge is 0.272 e. The van der Waals surface area contributed by atoms with Crippen LogP contribution in [0.2, 0.25) is 0 Å². The number of aryl methyl sites for hydroxylation is 3. The number of benzodiazepines with no additional fused rings is 3. The maximum atomic E-state index is 14.1. The Morgan fingerprint density at radius 3 is 1.20 bits per heavy atom. The highest BCUT2D eigenvalue weighted by Crippen LogP contribution is 2.41. The number of aliphatic hydroxyl groups excluding tert-OH is 1. The van der Waals surface area contributed by atoms with Crippen LogP contribution in [0, 0.1) is 56.3 Å². The lowest BCUT2D eigenvalue weighted by Crippen LogP contribution is -2.50. The van der Waals surface area contributed by atoms with E-state index in [4.69, 9.17) is 44.1 Å². The number of carbonyl (C=O) groups excluding carboxylic acids is 6.